The molecule has 0 saturated carbocycles. The van der Waals surface area contributed by atoms with Crippen molar-refractivity contribution in [1.29, 1.82) is 0 Å². The van der Waals surface area contributed by atoms with Crippen molar-refractivity contribution in [2.45, 2.75) is 37.9 Å². The highest BCUT2D eigenvalue weighted by Gasteiger charge is 2.37. The second-order valence-corrected chi connectivity index (χ2v) is 7.04. The molecule has 1 aliphatic rings. The van der Waals surface area contributed by atoms with Gasteiger partial charge in [-0.25, -0.2) is 0 Å². The molecule has 0 spiro atoms. The Balaban J connectivity index is 2.12. The average molecular weight is 303 g/mol. The van der Waals surface area contributed by atoms with Crippen LogP contribution >= 0.6 is 11.8 Å². The van der Waals surface area contributed by atoms with E-state index in [2.05, 4.69) is 17.2 Å². The fourth-order valence-corrected chi connectivity index (χ4v) is 3.48. The summed E-state index contributed by atoms with van der Waals surface area (Å²) in [7, 11) is 0. The molecule has 21 heavy (non-hydrogen) atoms. The maximum atomic E-state index is 12.4. The normalized spacial score (nSPS) is 20.7. The molecule has 1 amide bonds. The van der Waals surface area contributed by atoms with Crippen LogP contribution in [-0.4, -0.2) is 28.1 Å². The first-order valence-corrected chi connectivity index (χ1v) is 8.19. The third kappa shape index (κ3) is 4.03. The maximum Gasteiger partial charge on any atom is 0.240 e. The molecule has 1 unspecified atom stereocenters. The zero-order chi connectivity index (χ0) is 15.3. The van der Waals surface area contributed by atoms with Gasteiger partial charge < -0.3 is 10.4 Å². The summed E-state index contributed by atoms with van der Waals surface area (Å²) in [5, 5.41) is 11.8. The molecule has 4 heteroatoms. The molecule has 0 radical (unpaired) electrons. The van der Waals surface area contributed by atoms with E-state index in [4.69, 9.17) is 5.11 Å². The van der Waals surface area contributed by atoms with E-state index in [-0.39, 0.29) is 17.3 Å². The number of hydrogen-bond donors (Lipinski definition) is 2. The van der Waals surface area contributed by atoms with Gasteiger partial charge in [0.05, 0.1) is 11.4 Å². The standard InChI is InChI=1S/C17H21NO2S/c1-13-7-8-15(12-14(13)6-3-4-10-19)18-16(20)17(2)9-5-11-21-17/h7-8,12,19H,4-5,9-11H2,1-2H3,(H,18,20). The van der Waals surface area contributed by atoms with Crippen LogP contribution in [0.3, 0.4) is 0 Å². The molecule has 1 saturated heterocycles. The number of aliphatic hydroxyl groups is 1. The Kier molecular flexibility index (Phi) is 5.33. The minimum absolute atomic E-state index is 0.0675. The lowest BCUT2D eigenvalue weighted by Gasteiger charge is -2.21. The Morgan fingerprint density at radius 3 is 3.00 bits per heavy atom. The number of benzene rings is 1. The lowest BCUT2D eigenvalue weighted by atomic mass is 10.0. The first-order valence-electron chi connectivity index (χ1n) is 7.21. The molecule has 0 bridgehead atoms. The molecule has 1 aliphatic heterocycles. The molecular formula is C17H21NO2S. The second kappa shape index (κ2) is 7.02. The number of hydrogen-bond acceptors (Lipinski definition) is 3. The molecule has 1 atom stereocenters. The van der Waals surface area contributed by atoms with Gasteiger partial charge in [0.25, 0.3) is 0 Å². The van der Waals surface area contributed by atoms with E-state index >= 15 is 0 Å². The number of nitrogens with one attached hydrogen (secondary N) is 1. The molecule has 1 aromatic rings. The van der Waals surface area contributed by atoms with Gasteiger partial charge in [0.2, 0.25) is 5.91 Å². The summed E-state index contributed by atoms with van der Waals surface area (Å²) in [5.74, 6) is 7.08. The number of anilines is 1. The molecular weight excluding hydrogens is 282 g/mol. The predicted molar refractivity (Wildman–Crippen MR) is 88.5 cm³/mol. The van der Waals surface area contributed by atoms with Gasteiger partial charge in [0.15, 0.2) is 0 Å². The van der Waals surface area contributed by atoms with Gasteiger partial charge in [-0.3, -0.25) is 4.79 Å². The van der Waals surface area contributed by atoms with Gasteiger partial charge in [-0.2, -0.15) is 0 Å². The smallest absolute Gasteiger partial charge is 0.240 e. The van der Waals surface area contributed by atoms with Gasteiger partial charge in [0, 0.05) is 17.7 Å². The van der Waals surface area contributed by atoms with E-state index in [1.54, 1.807) is 11.8 Å². The Morgan fingerprint density at radius 2 is 2.33 bits per heavy atom. The lowest BCUT2D eigenvalue weighted by Crippen LogP contribution is -2.34. The summed E-state index contributed by atoms with van der Waals surface area (Å²) in [4.78, 5) is 12.4. The van der Waals surface area contributed by atoms with Crippen LogP contribution in [0.5, 0.6) is 0 Å². The van der Waals surface area contributed by atoms with Crippen molar-refractivity contribution in [2.24, 2.45) is 0 Å². The zero-order valence-corrected chi connectivity index (χ0v) is 13.3. The van der Waals surface area contributed by atoms with Gasteiger partial charge in [-0.15, -0.1) is 11.8 Å². The Hall–Kier alpha value is -1.44. The van der Waals surface area contributed by atoms with Crippen molar-refractivity contribution in [2.75, 3.05) is 17.7 Å². The summed E-state index contributed by atoms with van der Waals surface area (Å²) in [6.07, 6.45) is 2.49. The summed E-state index contributed by atoms with van der Waals surface area (Å²) < 4.78 is -0.312. The van der Waals surface area contributed by atoms with Crippen molar-refractivity contribution < 1.29 is 9.90 Å². The van der Waals surface area contributed by atoms with E-state index < -0.39 is 0 Å². The Labute approximate surface area is 130 Å². The third-order valence-electron chi connectivity index (χ3n) is 3.65. The van der Waals surface area contributed by atoms with Crippen LogP contribution < -0.4 is 5.32 Å². The molecule has 3 nitrogen and oxygen atoms in total. The molecule has 1 heterocycles. The quantitative estimate of drug-likeness (QED) is 0.844. The highest BCUT2D eigenvalue weighted by molar-refractivity contribution is 8.01. The number of aryl methyl sites for hydroxylation is 1. The van der Waals surface area contributed by atoms with Crippen molar-refractivity contribution in [3.63, 3.8) is 0 Å². The zero-order valence-electron chi connectivity index (χ0n) is 12.5. The second-order valence-electron chi connectivity index (χ2n) is 5.44. The summed E-state index contributed by atoms with van der Waals surface area (Å²) in [6.45, 7) is 4.07. The lowest BCUT2D eigenvalue weighted by molar-refractivity contribution is -0.118. The van der Waals surface area contributed by atoms with Gasteiger partial charge in [0.1, 0.15) is 0 Å². The van der Waals surface area contributed by atoms with Crippen molar-refractivity contribution >= 4 is 23.4 Å². The van der Waals surface area contributed by atoms with Crippen LogP contribution in [0.1, 0.15) is 37.3 Å². The molecule has 2 N–H and O–H groups in total. The van der Waals surface area contributed by atoms with Crippen molar-refractivity contribution in [3.05, 3.63) is 29.3 Å². The summed E-state index contributed by atoms with van der Waals surface area (Å²) in [5.41, 5.74) is 2.75. The molecule has 0 aliphatic carbocycles. The number of aliphatic hydroxyl groups excluding tert-OH is 1. The SMILES string of the molecule is Cc1ccc(NC(=O)C2(C)CCCS2)cc1C#CCCO. The van der Waals surface area contributed by atoms with E-state index in [1.807, 2.05) is 32.0 Å². The topological polar surface area (TPSA) is 49.3 Å². The number of amides is 1. The highest BCUT2D eigenvalue weighted by atomic mass is 32.2. The average Bonchev–Trinajstić information content (AvgIpc) is 2.91. The molecule has 1 aromatic carbocycles. The fraction of sp³-hybridized carbons (Fsp3) is 0.471. The number of rotatable bonds is 3. The number of thioether (sulfide) groups is 1. The van der Waals surface area contributed by atoms with E-state index in [0.717, 1.165) is 35.4 Å². The minimum Gasteiger partial charge on any atom is -0.395 e. The highest BCUT2D eigenvalue weighted by Crippen LogP contribution is 2.38. The summed E-state index contributed by atoms with van der Waals surface area (Å²) in [6, 6.07) is 5.77. The number of carbonyl (C=O) groups is 1. The van der Waals surface area contributed by atoms with Crippen LogP contribution in [0, 0.1) is 18.8 Å². The molecule has 1 fully saturated rings. The predicted octanol–water partition coefficient (Wildman–Crippen LogP) is 2.95. The Morgan fingerprint density at radius 1 is 1.52 bits per heavy atom. The largest absolute Gasteiger partial charge is 0.395 e. The van der Waals surface area contributed by atoms with Gasteiger partial charge in [-0.05, 0) is 50.1 Å². The van der Waals surface area contributed by atoms with E-state index in [9.17, 15) is 4.79 Å². The van der Waals surface area contributed by atoms with Crippen LogP contribution in [0.4, 0.5) is 5.69 Å². The van der Waals surface area contributed by atoms with Gasteiger partial charge >= 0.3 is 0 Å². The van der Waals surface area contributed by atoms with E-state index in [0.29, 0.717) is 6.42 Å². The maximum absolute atomic E-state index is 12.4. The minimum atomic E-state index is -0.312. The van der Waals surface area contributed by atoms with Crippen LogP contribution in [0.15, 0.2) is 18.2 Å². The van der Waals surface area contributed by atoms with Crippen LogP contribution in [0.25, 0.3) is 0 Å². The first-order chi connectivity index (χ1) is 10.0. The first kappa shape index (κ1) is 15.9. The van der Waals surface area contributed by atoms with Crippen molar-refractivity contribution in [3.8, 4) is 11.8 Å². The molecule has 112 valence electrons. The van der Waals surface area contributed by atoms with Crippen LogP contribution in [0.2, 0.25) is 0 Å². The summed E-state index contributed by atoms with van der Waals surface area (Å²) >= 11 is 1.73. The third-order valence-corrected chi connectivity index (χ3v) is 5.17. The van der Waals surface area contributed by atoms with Crippen LogP contribution in [-0.2, 0) is 4.79 Å². The fourth-order valence-electron chi connectivity index (χ4n) is 2.27. The molecule has 2 rings (SSSR count). The van der Waals surface area contributed by atoms with E-state index in [1.165, 1.54) is 0 Å². The monoisotopic (exact) mass is 303 g/mol. The Bertz CT molecular complexity index is 580. The number of carbonyl (C=O) groups excluding carboxylic acids is 1. The van der Waals surface area contributed by atoms with Gasteiger partial charge in [-0.1, -0.05) is 17.9 Å². The molecule has 0 aromatic heterocycles. The van der Waals surface area contributed by atoms with Crippen molar-refractivity contribution in [1.82, 2.24) is 0 Å².